The number of hydrogen-bond donors (Lipinski definition) is 0. The summed E-state index contributed by atoms with van der Waals surface area (Å²) in [5.41, 5.74) is 2.06. The molecule has 0 radical (unpaired) electrons. The maximum atomic E-state index is 5.41. The summed E-state index contributed by atoms with van der Waals surface area (Å²) in [4.78, 5) is 6.75. The Morgan fingerprint density at radius 1 is 1.39 bits per heavy atom. The van der Waals surface area contributed by atoms with Crippen LogP contribution in [0, 0.1) is 0 Å². The number of fused-ring (bicyclic) bond motifs is 1. The molecular weight excluding hydrogens is 262 g/mol. The van der Waals surface area contributed by atoms with Gasteiger partial charge >= 0.3 is 0 Å². The summed E-state index contributed by atoms with van der Waals surface area (Å²) in [5, 5.41) is 0. The third-order valence-corrected chi connectivity index (χ3v) is 4.34. The highest BCUT2D eigenvalue weighted by atomic mass is 32.2. The van der Waals surface area contributed by atoms with E-state index in [9.17, 15) is 0 Å². The molecule has 2 aromatic heterocycles. The highest BCUT2D eigenvalue weighted by Gasteiger charge is 2.07. The van der Waals surface area contributed by atoms with Crippen LogP contribution >= 0.6 is 24.0 Å². The molecule has 0 N–H and O–H groups in total. The Morgan fingerprint density at radius 2 is 2.17 bits per heavy atom. The molecule has 0 atom stereocenters. The lowest BCUT2D eigenvalue weighted by Gasteiger charge is -2.20. The quantitative estimate of drug-likeness (QED) is 0.801. The highest BCUT2D eigenvalue weighted by Crippen LogP contribution is 2.16. The van der Waals surface area contributed by atoms with Gasteiger partial charge in [-0.3, -0.25) is 0 Å². The van der Waals surface area contributed by atoms with E-state index in [0.717, 1.165) is 34.5 Å². The van der Waals surface area contributed by atoms with Crippen LogP contribution in [0.2, 0.25) is 0 Å². The number of imidazole rings is 1. The Morgan fingerprint density at radius 3 is 2.83 bits per heavy atom. The molecule has 0 unspecified atom stereocenters. The van der Waals surface area contributed by atoms with E-state index in [0.29, 0.717) is 0 Å². The zero-order valence-corrected chi connectivity index (χ0v) is 12.3. The van der Waals surface area contributed by atoms with Crippen molar-refractivity contribution in [1.82, 2.24) is 14.3 Å². The minimum Gasteiger partial charge on any atom is -0.358 e. The van der Waals surface area contributed by atoms with Crippen molar-refractivity contribution in [3.05, 3.63) is 36.3 Å². The van der Waals surface area contributed by atoms with E-state index in [4.69, 9.17) is 12.2 Å². The standard InChI is InChI=1S/C13H17N3S2/c1-3-15(4-2)13(17)18-10-11-9-16-8-6-5-7-12(16)14-11/h5-9H,3-4,10H2,1-2H3. The number of rotatable bonds is 4. The van der Waals surface area contributed by atoms with Crippen LogP contribution in [0.1, 0.15) is 19.5 Å². The summed E-state index contributed by atoms with van der Waals surface area (Å²) >= 11 is 7.09. The number of hydrogen-bond acceptors (Lipinski definition) is 3. The Labute approximate surface area is 117 Å². The van der Waals surface area contributed by atoms with Crippen molar-refractivity contribution >= 4 is 33.9 Å². The van der Waals surface area contributed by atoms with Gasteiger partial charge in [-0.1, -0.05) is 30.0 Å². The Kier molecular flexibility index (Phi) is 4.60. The van der Waals surface area contributed by atoms with E-state index in [1.54, 1.807) is 11.8 Å². The number of nitrogens with zero attached hydrogens (tertiary/aromatic N) is 3. The predicted molar refractivity (Wildman–Crippen MR) is 82.0 cm³/mol. The van der Waals surface area contributed by atoms with Crippen LogP contribution < -0.4 is 0 Å². The number of aromatic nitrogens is 2. The topological polar surface area (TPSA) is 20.5 Å². The number of thioether (sulfide) groups is 1. The minimum atomic E-state index is 0.830. The molecule has 5 heteroatoms. The van der Waals surface area contributed by atoms with Crippen molar-refractivity contribution in [2.75, 3.05) is 13.1 Å². The average Bonchev–Trinajstić information content (AvgIpc) is 2.80. The monoisotopic (exact) mass is 279 g/mol. The van der Waals surface area contributed by atoms with E-state index in [-0.39, 0.29) is 0 Å². The Bertz CT molecular complexity index is 499. The zero-order chi connectivity index (χ0) is 13.0. The van der Waals surface area contributed by atoms with Gasteiger partial charge in [0.05, 0.1) is 5.69 Å². The van der Waals surface area contributed by atoms with Gasteiger partial charge in [0, 0.05) is 31.2 Å². The molecule has 0 aliphatic heterocycles. The Hall–Kier alpha value is -1.07. The van der Waals surface area contributed by atoms with Crippen molar-refractivity contribution in [3.8, 4) is 0 Å². The van der Waals surface area contributed by atoms with Gasteiger partial charge in [0.15, 0.2) is 0 Å². The first-order chi connectivity index (χ1) is 8.74. The number of thiocarbonyl (C=S) groups is 1. The van der Waals surface area contributed by atoms with Crippen LogP contribution in [0.4, 0.5) is 0 Å². The molecule has 2 rings (SSSR count). The third-order valence-electron chi connectivity index (χ3n) is 2.78. The molecular formula is C13H17N3S2. The van der Waals surface area contributed by atoms with Gasteiger partial charge in [0.2, 0.25) is 0 Å². The molecule has 0 bridgehead atoms. The molecule has 0 saturated carbocycles. The van der Waals surface area contributed by atoms with E-state index in [1.165, 1.54) is 0 Å². The lowest BCUT2D eigenvalue weighted by atomic mass is 10.5. The van der Waals surface area contributed by atoms with E-state index < -0.39 is 0 Å². The van der Waals surface area contributed by atoms with Gasteiger partial charge in [-0.2, -0.15) is 0 Å². The number of pyridine rings is 1. The molecule has 96 valence electrons. The molecule has 3 nitrogen and oxygen atoms in total. The van der Waals surface area contributed by atoms with E-state index >= 15 is 0 Å². The fraction of sp³-hybridized carbons (Fsp3) is 0.385. The predicted octanol–water partition coefficient (Wildman–Crippen LogP) is 3.19. The normalized spacial score (nSPS) is 10.8. The van der Waals surface area contributed by atoms with Crippen molar-refractivity contribution in [2.24, 2.45) is 0 Å². The molecule has 2 aromatic rings. The maximum absolute atomic E-state index is 5.41. The molecule has 0 aliphatic carbocycles. The molecule has 18 heavy (non-hydrogen) atoms. The SMILES string of the molecule is CCN(CC)C(=S)SCc1cn2ccccc2n1. The van der Waals surface area contributed by atoms with Crippen LogP contribution in [0.5, 0.6) is 0 Å². The van der Waals surface area contributed by atoms with Crippen LogP contribution in [-0.4, -0.2) is 31.7 Å². The smallest absolute Gasteiger partial charge is 0.137 e. The van der Waals surface area contributed by atoms with Gasteiger partial charge in [-0.05, 0) is 26.0 Å². The lowest BCUT2D eigenvalue weighted by molar-refractivity contribution is 0.482. The first-order valence-corrected chi connectivity index (χ1v) is 7.48. The van der Waals surface area contributed by atoms with Crippen LogP contribution in [0.15, 0.2) is 30.6 Å². The molecule has 0 amide bonds. The second kappa shape index (κ2) is 6.20. The summed E-state index contributed by atoms with van der Waals surface area (Å²) in [6.45, 7) is 6.18. The van der Waals surface area contributed by atoms with E-state index in [1.807, 2.05) is 28.8 Å². The summed E-state index contributed by atoms with van der Waals surface area (Å²) in [7, 11) is 0. The van der Waals surface area contributed by atoms with Gasteiger partial charge in [0.25, 0.3) is 0 Å². The minimum absolute atomic E-state index is 0.830. The zero-order valence-electron chi connectivity index (χ0n) is 10.7. The van der Waals surface area contributed by atoms with Gasteiger partial charge in [-0.15, -0.1) is 0 Å². The van der Waals surface area contributed by atoms with Gasteiger partial charge in [0.1, 0.15) is 9.97 Å². The second-order valence-electron chi connectivity index (χ2n) is 3.93. The van der Waals surface area contributed by atoms with Gasteiger partial charge in [-0.25, -0.2) is 4.98 Å². The first-order valence-electron chi connectivity index (χ1n) is 6.09. The largest absolute Gasteiger partial charge is 0.358 e. The average molecular weight is 279 g/mol. The summed E-state index contributed by atoms with van der Waals surface area (Å²) in [6.07, 6.45) is 4.08. The second-order valence-corrected chi connectivity index (χ2v) is 5.53. The molecule has 0 aromatic carbocycles. The fourth-order valence-electron chi connectivity index (χ4n) is 1.77. The molecule has 0 fully saturated rings. The van der Waals surface area contributed by atoms with Gasteiger partial charge < -0.3 is 9.30 Å². The van der Waals surface area contributed by atoms with Crippen molar-refractivity contribution in [1.29, 1.82) is 0 Å². The molecule has 0 spiro atoms. The van der Waals surface area contributed by atoms with Crippen LogP contribution in [0.3, 0.4) is 0 Å². The van der Waals surface area contributed by atoms with Crippen molar-refractivity contribution in [2.45, 2.75) is 19.6 Å². The Balaban J connectivity index is 1.99. The third kappa shape index (κ3) is 3.03. The first kappa shape index (κ1) is 13.4. The fourth-order valence-corrected chi connectivity index (χ4v) is 3.05. The highest BCUT2D eigenvalue weighted by molar-refractivity contribution is 8.22. The summed E-state index contributed by atoms with van der Waals surface area (Å²) < 4.78 is 2.99. The molecule has 0 saturated heterocycles. The molecule has 2 heterocycles. The maximum Gasteiger partial charge on any atom is 0.137 e. The summed E-state index contributed by atoms with van der Waals surface area (Å²) in [6, 6.07) is 6.02. The van der Waals surface area contributed by atoms with Crippen molar-refractivity contribution < 1.29 is 0 Å². The van der Waals surface area contributed by atoms with Crippen LogP contribution in [-0.2, 0) is 5.75 Å². The summed E-state index contributed by atoms with van der Waals surface area (Å²) in [5.74, 6) is 0.830. The van der Waals surface area contributed by atoms with Crippen molar-refractivity contribution in [3.63, 3.8) is 0 Å². The lowest BCUT2D eigenvalue weighted by Crippen LogP contribution is -2.26. The van der Waals surface area contributed by atoms with E-state index in [2.05, 4.69) is 29.9 Å². The molecule has 0 aliphatic rings. The van der Waals surface area contributed by atoms with Crippen LogP contribution in [0.25, 0.3) is 5.65 Å².